The van der Waals surface area contributed by atoms with Gasteiger partial charge in [0.25, 0.3) is 0 Å². The number of halogens is 1. The molecular formula is C22H22ClNO3. The van der Waals surface area contributed by atoms with Gasteiger partial charge in [-0.3, -0.25) is 4.79 Å². The normalized spacial score (nSPS) is 10.0. The Labute approximate surface area is 165 Å². The maximum Gasteiger partial charge on any atom is 0.176 e. The highest BCUT2D eigenvalue weighted by Crippen LogP contribution is 2.36. The molecule has 27 heavy (non-hydrogen) atoms. The van der Waals surface area contributed by atoms with Gasteiger partial charge < -0.3 is 15.2 Å². The largest absolute Gasteiger partial charge is 0.453 e. The van der Waals surface area contributed by atoms with Gasteiger partial charge in [0.05, 0.1) is 6.54 Å². The zero-order valence-electron chi connectivity index (χ0n) is 15.3. The molecule has 0 fully saturated rings. The maximum absolute atomic E-state index is 11.9. The van der Waals surface area contributed by atoms with E-state index < -0.39 is 0 Å². The predicted octanol–water partition coefficient (Wildman–Crippen LogP) is 5.45. The molecule has 0 saturated carbocycles. The first-order valence-corrected chi connectivity index (χ1v) is 8.41. The van der Waals surface area contributed by atoms with E-state index in [1.54, 1.807) is 18.2 Å². The van der Waals surface area contributed by atoms with Gasteiger partial charge in [0.1, 0.15) is 11.5 Å². The minimum atomic E-state index is -0.152. The fraction of sp³-hybridized carbons (Fsp3) is 0.136. The average molecular weight is 384 g/mol. The quantitative estimate of drug-likeness (QED) is 0.575. The zero-order chi connectivity index (χ0) is 18.5. The van der Waals surface area contributed by atoms with E-state index in [1.807, 2.05) is 62.4 Å². The van der Waals surface area contributed by atoms with E-state index in [4.69, 9.17) is 15.2 Å². The number of aryl methyl sites for hydroxylation is 2. The van der Waals surface area contributed by atoms with Gasteiger partial charge in [0.15, 0.2) is 17.3 Å². The third-order valence-electron chi connectivity index (χ3n) is 3.95. The van der Waals surface area contributed by atoms with E-state index in [2.05, 4.69) is 0 Å². The molecule has 3 rings (SSSR count). The fourth-order valence-electron chi connectivity index (χ4n) is 2.43. The van der Waals surface area contributed by atoms with Gasteiger partial charge >= 0.3 is 0 Å². The molecule has 0 radical (unpaired) electrons. The molecule has 0 aromatic heterocycles. The van der Waals surface area contributed by atoms with Crippen LogP contribution in [0.2, 0.25) is 0 Å². The highest BCUT2D eigenvalue weighted by atomic mass is 35.5. The zero-order valence-corrected chi connectivity index (χ0v) is 16.1. The number of ketones is 1. The van der Waals surface area contributed by atoms with E-state index in [0.29, 0.717) is 28.6 Å². The van der Waals surface area contributed by atoms with Crippen molar-refractivity contribution in [2.24, 2.45) is 5.73 Å². The number of rotatable bonds is 6. The summed E-state index contributed by atoms with van der Waals surface area (Å²) in [7, 11) is 0. The van der Waals surface area contributed by atoms with Gasteiger partial charge in [-0.25, -0.2) is 0 Å². The molecule has 0 heterocycles. The highest BCUT2D eigenvalue weighted by molar-refractivity contribution is 5.98. The Morgan fingerprint density at radius 1 is 0.778 bits per heavy atom. The van der Waals surface area contributed by atoms with Crippen LogP contribution in [-0.2, 0) is 0 Å². The standard InChI is InChI=1S/C22H21NO3.ClH/c1-15-3-8-18(9-4-15)25-21-12-7-17(20(24)14-23)13-22(21)26-19-10-5-16(2)6-11-19;/h3-13H,14,23H2,1-2H3;1H. The molecule has 0 bridgehead atoms. The summed E-state index contributed by atoms with van der Waals surface area (Å²) in [4.78, 5) is 11.9. The summed E-state index contributed by atoms with van der Waals surface area (Å²) in [5, 5.41) is 0. The molecule has 0 aliphatic heterocycles. The van der Waals surface area contributed by atoms with Crippen LogP contribution in [-0.4, -0.2) is 12.3 Å². The second kappa shape index (κ2) is 9.21. The van der Waals surface area contributed by atoms with Crippen molar-refractivity contribution in [3.63, 3.8) is 0 Å². The number of nitrogens with two attached hydrogens (primary N) is 1. The van der Waals surface area contributed by atoms with Gasteiger partial charge in [-0.1, -0.05) is 35.4 Å². The summed E-state index contributed by atoms with van der Waals surface area (Å²) in [6.45, 7) is 3.97. The van der Waals surface area contributed by atoms with Crippen LogP contribution < -0.4 is 15.2 Å². The summed E-state index contributed by atoms with van der Waals surface area (Å²) >= 11 is 0. The fourth-order valence-corrected chi connectivity index (χ4v) is 2.43. The van der Waals surface area contributed by atoms with Gasteiger partial charge in [0.2, 0.25) is 0 Å². The van der Waals surface area contributed by atoms with Crippen LogP contribution in [0.5, 0.6) is 23.0 Å². The third-order valence-corrected chi connectivity index (χ3v) is 3.95. The first-order valence-electron chi connectivity index (χ1n) is 8.41. The number of benzene rings is 3. The van der Waals surface area contributed by atoms with E-state index >= 15 is 0 Å². The summed E-state index contributed by atoms with van der Waals surface area (Å²) in [5.41, 5.74) is 8.26. The number of Topliss-reactive ketones (excluding diaryl/α,β-unsaturated/α-hetero) is 1. The summed E-state index contributed by atoms with van der Waals surface area (Å²) in [5.74, 6) is 2.21. The van der Waals surface area contributed by atoms with Gasteiger partial charge in [-0.15, -0.1) is 12.4 Å². The van der Waals surface area contributed by atoms with Crippen molar-refractivity contribution in [2.75, 3.05) is 6.54 Å². The number of hydrogen-bond acceptors (Lipinski definition) is 4. The van der Waals surface area contributed by atoms with Crippen molar-refractivity contribution in [1.82, 2.24) is 0 Å². The molecular weight excluding hydrogens is 362 g/mol. The summed E-state index contributed by atoms with van der Waals surface area (Å²) in [6, 6.07) is 20.5. The minimum Gasteiger partial charge on any atom is -0.453 e. The van der Waals surface area contributed by atoms with Gasteiger partial charge in [0, 0.05) is 5.56 Å². The SMILES string of the molecule is Cc1ccc(Oc2ccc(C(=O)CN)cc2Oc2ccc(C)cc2)cc1.Cl. The Bertz CT molecular complexity index is 906. The van der Waals surface area contributed by atoms with E-state index in [1.165, 1.54) is 0 Å². The van der Waals surface area contributed by atoms with Crippen molar-refractivity contribution >= 4 is 18.2 Å². The van der Waals surface area contributed by atoms with Crippen LogP contribution in [0.1, 0.15) is 21.5 Å². The monoisotopic (exact) mass is 383 g/mol. The van der Waals surface area contributed by atoms with Gasteiger partial charge in [-0.2, -0.15) is 0 Å². The number of carbonyl (C=O) groups excluding carboxylic acids is 1. The lowest BCUT2D eigenvalue weighted by Crippen LogP contribution is -2.13. The van der Waals surface area contributed by atoms with Crippen LogP contribution in [0.15, 0.2) is 66.7 Å². The Balaban J connectivity index is 0.00000261. The second-order valence-electron chi connectivity index (χ2n) is 6.12. The Morgan fingerprint density at radius 2 is 1.26 bits per heavy atom. The Hall–Kier alpha value is -2.82. The maximum atomic E-state index is 11.9. The van der Waals surface area contributed by atoms with Crippen molar-refractivity contribution in [1.29, 1.82) is 0 Å². The number of ether oxygens (including phenoxy) is 2. The Kier molecular flexibility index (Phi) is 6.99. The molecule has 5 heteroatoms. The second-order valence-corrected chi connectivity index (χ2v) is 6.12. The molecule has 3 aromatic rings. The van der Waals surface area contributed by atoms with Crippen LogP contribution in [0.3, 0.4) is 0 Å². The lowest BCUT2D eigenvalue weighted by molar-refractivity contribution is 0.100. The molecule has 0 unspecified atom stereocenters. The van der Waals surface area contributed by atoms with E-state index in [9.17, 15) is 4.79 Å². The topological polar surface area (TPSA) is 61.5 Å². The van der Waals surface area contributed by atoms with Gasteiger partial charge in [-0.05, 0) is 56.3 Å². The molecule has 0 atom stereocenters. The van der Waals surface area contributed by atoms with Crippen LogP contribution in [0, 0.1) is 13.8 Å². The molecule has 3 aromatic carbocycles. The summed E-state index contributed by atoms with van der Waals surface area (Å²) < 4.78 is 11.9. The van der Waals surface area contributed by atoms with Crippen molar-refractivity contribution in [3.8, 4) is 23.0 Å². The third kappa shape index (κ3) is 5.33. The van der Waals surface area contributed by atoms with Crippen LogP contribution in [0.25, 0.3) is 0 Å². The lowest BCUT2D eigenvalue weighted by Gasteiger charge is -2.14. The molecule has 2 N–H and O–H groups in total. The van der Waals surface area contributed by atoms with Crippen LogP contribution >= 0.6 is 12.4 Å². The van der Waals surface area contributed by atoms with E-state index in [0.717, 1.165) is 11.1 Å². The first kappa shape index (κ1) is 20.5. The molecule has 4 nitrogen and oxygen atoms in total. The number of carbonyl (C=O) groups is 1. The number of hydrogen-bond donors (Lipinski definition) is 1. The Morgan fingerprint density at radius 3 is 1.74 bits per heavy atom. The van der Waals surface area contributed by atoms with Crippen molar-refractivity contribution in [3.05, 3.63) is 83.4 Å². The van der Waals surface area contributed by atoms with Crippen molar-refractivity contribution in [2.45, 2.75) is 13.8 Å². The average Bonchev–Trinajstić information content (AvgIpc) is 2.66. The predicted molar refractivity (Wildman–Crippen MR) is 110 cm³/mol. The van der Waals surface area contributed by atoms with Crippen molar-refractivity contribution < 1.29 is 14.3 Å². The molecule has 0 spiro atoms. The lowest BCUT2D eigenvalue weighted by atomic mass is 10.1. The molecule has 0 aliphatic carbocycles. The smallest absolute Gasteiger partial charge is 0.176 e. The molecule has 0 aliphatic rings. The summed E-state index contributed by atoms with van der Waals surface area (Å²) in [6.07, 6.45) is 0. The first-order chi connectivity index (χ1) is 12.5. The van der Waals surface area contributed by atoms with Crippen LogP contribution in [0.4, 0.5) is 0 Å². The molecule has 0 amide bonds. The highest BCUT2D eigenvalue weighted by Gasteiger charge is 2.13. The molecule has 140 valence electrons. The van der Waals surface area contributed by atoms with E-state index in [-0.39, 0.29) is 24.7 Å². The molecule has 0 saturated heterocycles. The minimum absolute atomic E-state index is 0.